The summed E-state index contributed by atoms with van der Waals surface area (Å²) in [5.41, 5.74) is 6.57. The Labute approximate surface area is 162 Å². The maximum atomic E-state index is 13.3. The van der Waals surface area contributed by atoms with Gasteiger partial charge in [0.1, 0.15) is 0 Å². The van der Waals surface area contributed by atoms with Gasteiger partial charge in [0.15, 0.2) is 5.41 Å². The lowest BCUT2D eigenvalue weighted by Crippen LogP contribution is -2.47. The Kier molecular flexibility index (Phi) is 4.96. The minimum atomic E-state index is -1.58. The summed E-state index contributed by atoms with van der Waals surface area (Å²) in [5.74, 6) is -1.03. The van der Waals surface area contributed by atoms with Crippen LogP contribution in [0.5, 0.6) is 0 Å². The Morgan fingerprint density at radius 2 is 1.79 bits per heavy atom. The number of nitrogens with one attached hydrogen (secondary N) is 2. The normalized spacial score (nSPS) is 17.7. The van der Waals surface area contributed by atoms with Gasteiger partial charge in [-0.15, -0.1) is 0 Å². The van der Waals surface area contributed by atoms with Crippen molar-refractivity contribution in [2.24, 2.45) is 0 Å². The third kappa shape index (κ3) is 2.74. The molecule has 8 heteroatoms. The molecule has 2 aromatic rings. The summed E-state index contributed by atoms with van der Waals surface area (Å²) < 4.78 is 9.58. The number of hydrazine groups is 1. The number of anilines is 2. The van der Waals surface area contributed by atoms with E-state index in [1.54, 1.807) is 50.4 Å². The van der Waals surface area contributed by atoms with E-state index in [0.29, 0.717) is 22.5 Å². The second-order valence-electron chi connectivity index (χ2n) is 6.39. The van der Waals surface area contributed by atoms with E-state index >= 15 is 0 Å². The fourth-order valence-electron chi connectivity index (χ4n) is 3.51. The molecule has 0 saturated carbocycles. The summed E-state index contributed by atoms with van der Waals surface area (Å²) in [7, 11) is 4.16. The number of ether oxygens (including phenoxy) is 2. The van der Waals surface area contributed by atoms with E-state index in [2.05, 4.69) is 15.6 Å². The Morgan fingerprint density at radius 1 is 1.07 bits per heavy atom. The van der Waals surface area contributed by atoms with Crippen molar-refractivity contribution in [3.63, 3.8) is 0 Å². The molecular formula is C20H21N3O5. The van der Waals surface area contributed by atoms with Crippen LogP contribution in [0.15, 0.2) is 42.5 Å². The number of carbonyl (C=O) groups excluding carboxylic acids is 3. The number of hydrogen-bond acceptors (Lipinski definition) is 6. The molecule has 0 fully saturated rings. The smallest absolute Gasteiger partial charge is 0.425 e. The summed E-state index contributed by atoms with van der Waals surface area (Å²) in [4.78, 5) is 38.9. The van der Waals surface area contributed by atoms with Gasteiger partial charge >= 0.3 is 12.1 Å². The van der Waals surface area contributed by atoms with Gasteiger partial charge in [0.2, 0.25) is 0 Å². The van der Waals surface area contributed by atoms with Crippen LogP contribution < -0.4 is 15.8 Å². The summed E-state index contributed by atoms with van der Waals surface area (Å²) in [5, 5.41) is 0. The van der Waals surface area contributed by atoms with Crippen LogP contribution in [0.4, 0.5) is 16.2 Å². The number of aryl methyl sites for hydroxylation is 1. The number of fused-ring (bicyclic) bond motifs is 1. The van der Waals surface area contributed by atoms with Gasteiger partial charge < -0.3 is 14.4 Å². The third-order valence-corrected chi connectivity index (χ3v) is 4.93. The molecule has 28 heavy (non-hydrogen) atoms. The first kappa shape index (κ1) is 19.2. The average molecular weight is 383 g/mol. The molecule has 0 bridgehead atoms. The van der Waals surface area contributed by atoms with E-state index in [9.17, 15) is 14.4 Å². The molecule has 3 rings (SSSR count). The number of benzene rings is 2. The predicted molar refractivity (Wildman–Crippen MR) is 103 cm³/mol. The van der Waals surface area contributed by atoms with E-state index in [-0.39, 0.29) is 5.91 Å². The second kappa shape index (κ2) is 7.22. The predicted octanol–water partition coefficient (Wildman–Crippen LogP) is 2.11. The topological polar surface area (TPSA) is 97.0 Å². The van der Waals surface area contributed by atoms with Gasteiger partial charge in [0, 0.05) is 18.3 Å². The molecule has 2 aromatic carbocycles. The SMILES string of the molecule is COC(=O)NNc1ccc([C@]2(C(=O)OC)C(=O)N(C)c3ccccc32)cc1C. The van der Waals surface area contributed by atoms with Crippen LogP contribution in [0.25, 0.3) is 0 Å². The quantitative estimate of drug-likeness (QED) is 0.477. The number of amides is 2. The van der Waals surface area contributed by atoms with Crippen molar-refractivity contribution in [1.82, 2.24) is 5.43 Å². The summed E-state index contributed by atoms with van der Waals surface area (Å²) in [6.07, 6.45) is -0.643. The monoisotopic (exact) mass is 383 g/mol. The van der Waals surface area contributed by atoms with Gasteiger partial charge in [-0.25, -0.2) is 10.2 Å². The molecule has 0 radical (unpaired) electrons. The van der Waals surface area contributed by atoms with Crippen LogP contribution in [-0.4, -0.2) is 39.2 Å². The highest BCUT2D eigenvalue weighted by molar-refractivity contribution is 6.23. The molecule has 1 atom stereocenters. The number of rotatable bonds is 4. The van der Waals surface area contributed by atoms with Crippen molar-refractivity contribution >= 4 is 29.3 Å². The zero-order valence-corrected chi connectivity index (χ0v) is 16.0. The van der Waals surface area contributed by atoms with Crippen molar-refractivity contribution in [2.75, 3.05) is 31.6 Å². The van der Waals surface area contributed by atoms with Crippen LogP contribution >= 0.6 is 0 Å². The molecule has 8 nitrogen and oxygen atoms in total. The van der Waals surface area contributed by atoms with Crippen molar-refractivity contribution in [3.8, 4) is 0 Å². The first-order valence-corrected chi connectivity index (χ1v) is 8.55. The lowest BCUT2D eigenvalue weighted by molar-refractivity contribution is -0.149. The van der Waals surface area contributed by atoms with Gasteiger partial charge in [-0.1, -0.05) is 30.3 Å². The highest BCUT2D eigenvalue weighted by Crippen LogP contribution is 2.46. The largest absolute Gasteiger partial charge is 0.468 e. The van der Waals surface area contributed by atoms with Crippen molar-refractivity contribution < 1.29 is 23.9 Å². The standard InChI is InChI=1S/C20H21N3O5/c1-12-11-13(9-10-15(12)21-22-19(26)28-4)20(18(25)27-3)14-7-5-6-8-16(14)23(2)17(20)24/h5-11,21H,1-4H3,(H,22,26)/t20-/m1/s1. The summed E-state index contributed by atoms with van der Waals surface area (Å²) in [6.45, 7) is 1.80. The van der Waals surface area contributed by atoms with Gasteiger partial charge in [0.05, 0.1) is 19.9 Å². The molecule has 1 aliphatic rings. The fourth-order valence-corrected chi connectivity index (χ4v) is 3.51. The van der Waals surface area contributed by atoms with Gasteiger partial charge in [0.25, 0.3) is 5.91 Å². The fraction of sp³-hybridized carbons (Fsp3) is 0.250. The van der Waals surface area contributed by atoms with E-state index < -0.39 is 17.5 Å². The molecule has 0 aliphatic carbocycles. The number of carbonyl (C=O) groups is 3. The van der Waals surface area contributed by atoms with Crippen LogP contribution in [-0.2, 0) is 24.5 Å². The van der Waals surface area contributed by atoms with E-state index in [4.69, 9.17) is 4.74 Å². The number of likely N-dealkylation sites (N-methyl/N-ethyl adjacent to an activating group) is 1. The van der Waals surface area contributed by atoms with Crippen LogP contribution in [0.1, 0.15) is 16.7 Å². The van der Waals surface area contributed by atoms with Gasteiger partial charge in [-0.2, -0.15) is 0 Å². The number of methoxy groups -OCH3 is 2. The number of hydrogen-bond donors (Lipinski definition) is 2. The zero-order valence-electron chi connectivity index (χ0n) is 16.0. The Morgan fingerprint density at radius 3 is 2.43 bits per heavy atom. The number of nitrogens with zero attached hydrogens (tertiary/aromatic N) is 1. The van der Waals surface area contributed by atoms with Crippen molar-refractivity contribution in [3.05, 3.63) is 59.2 Å². The van der Waals surface area contributed by atoms with E-state index in [0.717, 1.165) is 5.56 Å². The summed E-state index contributed by atoms with van der Waals surface area (Å²) >= 11 is 0. The van der Waals surface area contributed by atoms with Crippen LogP contribution in [0.3, 0.4) is 0 Å². The molecule has 0 aromatic heterocycles. The van der Waals surface area contributed by atoms with Crippen molar-refractivity contribution in [2.45, 2.75) is 12.3 Å². The zero-order chi connectivity index (χ0) is 20.5. The Bertz CT molecular complexity index is 959. The first-order chi connectivity index (χ1) is 13.4. The minimum Gasteiger partial charge on any atom is -0.468 e. The lowest BCUT2D eigenvalue weighted by Gasteiger charge is -2.26. The maximum Gasteiger partial charge on any atom is 0.425 e. The second-order valence-corrected chi connectivity index (χ2v) is 6.39. The molecule has 0 unspecified atom stereocenters. The molecule has 1 heterocycles. The Hall–Kier alpha value is -3.55. The van der Waals surface area contributed by atoms with Crippen LogP contribution in [0.2, 0.25) is 0 Å². The molecule has 1 aliphatic heterocycles. The van der Waals surface area contributed by atoms with E-state index in [1.165, 1.54) is 19.1 Å². The first-order valence-electron chi connectivity index (χ1n) is 8.55. The van der Waals surface area contributed by atoms with E-state index in [1.807, 2.05) is 6.07 Å². The molecular weight excluding hydrogens is 362 g/mol. The minimum absolute atomic E-state index is 0.381. The number of para-hydroxylation sites is 1. The third-order valence-electron chi connectivity index (χ3n) is 4.93. The van der Waals surface area contributed by atoms with Crippen molar-refractivity contribution in [1.29, 1.82) is 0 Å². The Balaban J connectivity index is 2.12. The highest BCUT2D eigenvalue weighted by atomic mass is 16.5. The maximum absolute atomic E-state index is 13.3. The highest BCUT2D eigenvalue weighted by Gasteiger charge is 2.57. The van der Waals surface area contributed by atoms with Gasteiger partial charge in [-0.3, -0.25) is 15.0 Å². The lowest BCUT2D eigenvalue weighted by atomic mass is 9.75. The van der Waals surface area contributed by atoms with Gasteiger partial charge in [-0.05, 0) is 30.2 Å². The molecule has 146 valence electrons. The molecule has 2 amide bonds. The molecule has 0 saturated heterocycles. The molecule has 2 N–H and O–H groups in total. The van der Waals surface area contributed by atoms with Crippen LogP contribution in [0, 0.1) is 6.92 Å². The number of esters is 1. The average Bonchev–Trinajstić information content (AvgIpc) is 2.94. The summed E-state index contributed by atoms with van der Waals surface area (Å²) in [6, 6.07) is 12.2. The molecule has 0 spiro atoms.